The molecular weight excluding hydrogens is 130 g/mol. The van der Waals surface area contributed by atoms with Crippen molar-refractivity contribution in [1.29, 1.82) is 0 Å². The normalized spacial score (nSPS) is 37.5. The van der Waals surface area contributed by atoms with Gasteiger partial charge in [-0.05, 0) is 19.3 Å². The lowest BCUT2D eigenvalue weighted by molar-refractivity contribution is 0.0330. The second-order valence-corrected chi connectivity index (χ2v) is 3.07. The summed E-state index contributed by atoms with van der Waals surface area (Å²) in [5.74, 6) is 0.115. The highest BCUT2D eigenvalue weighted by Gasteiger charge is 2.23. The van der Waals surface area contributed by atoms with Crippen LogP contribution in [0, 0.1) is 5.92 Å². The molecule has 0 aromatic rings. The van der Waals surface area contributed by atoms with Crippen molar-refractivity contribution < 1.29 is 10.2 Å². The minimum Gasteiger partial charge on any atom is -0.393 e. The first-order valence-corrected chi connectivity index (χ1v) is 3.82. The van der Waals surface area contributed by atoms with E-state index in [2.05, 4.69) is 0 Å². The summed E-state index contributed by atoms with van der Waals surface area (Å²) < 4.78 is 0. The molecule has 0 radical (unpaired) electrons. The van der Waals surface area contributed by atoms with Gasteiger partial charge in [0.05, 0.1) is 6.10 Å². The lowest BCUT2D eigenvalue weighted by Crippen LogP contribution is -2.34. The maximum Gasteiger partial charge on any atom is 0.105 e. The molecule has 1 unspecified atom stereocenters. The molecule has 3 heteroatoms. The van der Waals surface area contributed by atoms with E-state index < -0.39 is 6.23 Å². The number of aliphatic hydroxyl groups is 2. The van der Waals surface area contributed by atoms with Gasteiger partial charge < -0.3 is 15.9 Å². The van der Waals surface area contributed by atoms with Gasteiger partial charge in [-0.15, -0.1) is 0 Å². The monoisotopic (exact) mass is 145 g/mol. The molecule has 0 heterocycles. The number of hydrogen-bond acceptors (Lipinski definition) is 3. The van der Waals surface area contributed by atoms with Gasteiger partial charge in [-0.1, -0.05) is 6.42 Å². The van der Waals surface area contributed by atoms with Crippen molar-refractivity contribution in [1.82, 2.24) is 0 Å². The second kappa shape index (κ2) is 3.32. The summed E-state index contributed by atoms with van der Waals surface area (Å²) in [5, 5.41) is 18.1. The first-order chi connectivity index (χ1) is 4.70. The zero-order valence-corrected chi connectivity index (χ0v) is 6.03. The Morgan fingerprint density at radius 3 is 2.50 bits per heavy atom. The van der Waals surface area contributed by atoms with Crippen LogP contribution in [0.25, 0.3) is 0 Å². The van der Waals surface area contributed by atoms with E-state index in [4.69, 9.17) is 15.9 Å². The van der Waals surface area contributed by atoms with E-state index in [1.165, 1.54) is 0 Å². The molecule has 1 aliphatic rings. The highest BCUT2D eigenvalue weighted by Crippen LogP contribution is 2.24. The highest BCUT2D eigenvalue weighted by atomic mass is 16.3. The molecule has 0 bridgehead atoms. The lowest BCUT2D eigenvalue weighted by atomic mass is 9.86. The minimum absolute atomic E-state index is 0.115. The van der Waals surface area contributed by atoms with Crippen LogP contribution in [0.1, 0.15) is 25.7 Å². The van der Waals surface area contributed by atoms with Gasteiger partial charge in [0, 0.05) is 5.92 Å². The van der Waals surface area contributed by atoms with Gasteiger partial charge in [-0.25, -0.2) is 0 Å². The highest BCUT2D eigenvalue weighted by molar-refractivity contribution is 4.74. The molecule has 0 aliphatic heterocycles. The van der Waals surface area contributed by atoms with Crippen LogP contribution in [-0.2, 0) is 0 Å². The maximum absolute atomic E-state index is 9.16. The third-order valence-corrected chi connectivity index (χ3v) is 2.17. The number of aliphatic hydroxyl groups excluding tert-OH is 2. The molecule has 60 valence electrons. The topological polar surface area (TPSA) is 66.5 Å². The van der Waals surface area contributed by atoms with Crippen LogP contribution in [0.4, 0.5) is 0 Å². The molecule has 1 saturated carbocycles. The van der Waals surface area contributed by atoms with Gasteiger partial charge in [0.25, 0.3) is 0 Å². The van der Waals surface area contributed by atoms with Crippen LogP contribution in [0.2, 0.25) is 0 Å². The summed E-state index contributed by atoms with van der Waals surface area (Å²) in [4.78, 5) is 0. The fraction of sp³-hybridized carbons (Fsp3) is 1.00. The van der Waals surface area contributed by atoms with Gasteiger partial charge in [-0.3, -0.25) is 0 Å². The van der Waals surface area contributed by atoms with Crippen molar-refractivity contribution in [2.75, 3.05) is 0 Å². The average Bonchev–Trinajstić information content (AvgIpc) is 1.88. The first kappa shape index (κ1) is 7.98. The van der Waals surface area contributed by atoms with Crippen LogP contribution < -0.4 is 5.73 Å². The van der Waals surface area contributed by atoms with Crippen LogP contribution in [-0.4, -0.2) is 22.5 Å². The Labute approximate surface area is 60.9 Å². The molecule has 0 aromatic carbocycles. The van der Waals surface area contributed by atoms with Crippen molar-refractivity contribution in [2.24, 2.45) is 11.7 Å². The van der Waals surface area contributed by atoms with E-state index in [9.17, 15) is 0 Å². The SMILES string of the molecule is NC(O)[C@@H]1CCC[C@H](O)C1. The molecule has 1 aliphatic carbocycles. The van der Waals surface area contributed by atoms with Crippen molar-refractivity contribution in [3.05, 3.63) is 0 Å². The molecule has 1 rings (SSSR count). The van der Waals surface area contributed by atoms with Crippen molar-refractivity contribution in [2.45, 2.75) is 38.0 Å². The van der Waals surface area contributed by atoms with E-state index in [0.717, 1.165) is 19.3 Å². The second-order valence-electron chi connectivity index (χ2n) is 3.07. The molecular formula is C7H15NO2. The molecule has 0 aromatic heterocycles. The van der Waals surface area contributed by atoms with Gasteiger partial charge >= 0.3 is 0 Å². The molecule has 0 spiro atoms. The first-order valence-electron chi connectivity index (χ1n) is 3.82. The van der Waals surface area contributed by atoms with Gasteiger partial charge in [0.1, 0.15) is 6.23 Å². The summed E-state index contributed by atoms with van der Waals surface area (Å²) >= 11 is 0. The lowest BCUT2D eigenvalue weighted by Gasteiger charge is -2.27. The third kappa shape index (κ3) is 1.94. The Balaban J connectivity index is 2.32. The van der Waals surface area contributed by atoms with E-state index in [-0.39, 0.29) is 12.0 Å². The van der Waals surface area contributed by atoms with E-state index in [1.807, 2.05) is 0 Å². The Hall–Kier alpha value is -0.120. The molecule has 0 amide bonds. The summed E-state index contributed by atoms with van der Waals surface area (Å²) in [7, 11) is 0. The summed E-state index contributed by atoms with van der Waals surface area (Å²) in [6.45, 7) is 0. The van der Waals surface area contributed by atoms with E-state index >= 15 is 0 Å². The fourth-order valence-corrected chi connectivity index (χ4v) is 1.51. The molecule has 3 atom stereocenters. The minimum atomic E-state index is -0.741. The maximum atomic E-state index is 9.16. The van der Waals surface area contributed by atoms with Crippen molar-refractivity contribution >= 4 is 0 Å². The summed E-state index contributed by atoms with van der Waals surface area (Å²) in [6.07, 6.45) is 2.49. The van der Waals surface area contributed by atoms with Crippen LogP contribution in [0.5, 0.6) is 0 Å². The van der Waals surface area contributed by atoms with Gasteiger partial charge in [0.2, 0.25) is 0 Å². The number of hydrogen-bond donors (Lipinski definition) is 3. The molecule has 1 fully saturated rings. The van der Waals surface area contributed by atoms with E-state index in [0.29, 0.717) is 6.42 Å². The fourth-order valence-electron chi connectivity index (χ4n) is 1.51. The third-order valence-electron chi connectivity index (χ3n) is 2.17. The van der Waals surface area contributed by atoms with Crippen LogP contribution >= 0.6 is 0 Å². The molecule has 3 nitrogen and oxygen atoms in total. The van der Waals surface area contributed by atoms with E-state index in [1.54, 1.807) is 0 Å². The Morgan fingerprint density at radius 1 is 1.40 bits per heavy atom. The van der Waals surface area contributed by atoms with Crippen molar-refractivity contribution in [3.63, 3.8) is 0 Å². The van der Waals surface area contributed by atoms with Gasteiger partial charge in [-0.2, -0.15) is 0 Å². The molecule has 4 N–H and O–H groups in total. The summed E-state index contributed by atoms with van der Waals surface area (Å²) in [5.41, 5.74) is 5.27. The smallest absolute Gasteiger partial charge is 0.105 e. The number of nitrogens with two attached hydrogens (primary N) is 1. The predicted molar refractivity (Wildman–Crippen MR) is 38.2 cm³/mol. The molecule has 0 saturated heterocycles. The Bertz CT molecular complexity index is 106. The Kier molecular flexibility index (Phi) is 2.65. The quantitative estimate of drug-likeness (QED) is 0.448. The average molecular weight is 145 g/mol. The van der Waals surface area contributed by atoms with Crippen molar-refractivity contribution in [3.8, 4) is 0 Å². The Morgan fingerprint density at radius 2 is 2.10 bits per heavy atom. The molecule has 10 heavy (non-hydrogen) atoms. The standard InChI is InChI=1S/C7H15NO2/c8-7(10)5-2-1-3-6(9)4-5/h5-7,9-10H,1-4,8H2/t5-,6+,7?/m1/s1. The van der Waals surface area contributed by atoms with Crippen LogP contribution in [0.15, 0.2) is 0 Å². The van der Waals surface area contributed by atoms with Crippen LogP contribution in [0.3, 0.4) is 0 Å². The zero-order chi connectivity index (χ0) is 7.56. The summed E-state index contributed by atoms with van der Waals surface area (Å²) in [6, 6.07) is 0. The number of rotatable bonds is 1. The predicted octanol–water partition coefficient (Wildman–Crippen LogP) is -0.185. The van der Waals surface area contributed by atoms with Gasteiger partial charge in [0.15, 0.2) is 0 Å². The zero-order valence-electron chi connectivity index (χ0n) is 6.03. The largest absolute Gasteiger partial charge is 0.393 e.